The predicted octanol–water partition coefficient (Wildman–Crippen LogP) is -0.532. The second-order valence-electron chi connectivity index (χ2n) is 4.43. The van der Waals surface area contributed by atoms with Gasteiger partial charge >= 0.3 is 17.9 Å². The number of carbonyl (C=O) groups excluding carboxylic acids is 3. The van der Waals surface area contributed by atoms with Crippen molar-refractivity contribution in [3.63, 3.8) is 0 Å². The minimum absolute atomic E-state index is 0.678. The van der Waals surface area contributed by atoms with Gasteiger partial charge in [0.1, 0.15) is 6.10 Å². The van der Waals surface area contributed by atoms with Gasteiger partial charge in [-0.25, -0.2) is 4.39 Å². The SMILES string of the molecule is CC(=O)O[C@@H]1[C@@H](OC(C)=O)[C@@H](F)O[C@H](CO)[C@H]1OC(C)=O. The summed E-state index contributed by atoms with van der Waals surface area (Å²) in [5, 5.41) is 9.18. The lowest BCUT2D eigenvalue weighted by atomic mass is 9.99. The zero-order valence-electron chi connectivity index (χ0n) is 11.8. The van der Waals surface area contributed by atoms with Gasteiger partial charge in [-0.3, -0.25) is 14.4 Å². The molecule has 0 saturated carbocycles. The molecular weight excluding hydrogens is 291 g/mol. The van der Waals surface area contributed by atoms with Crippen LogP contribution in [0.1, 0.15) is 20.8 Å². The summed E-state index contributed by atoms with van der Waals surface area (Å²) in [6, 6.07) is 0. The molecular formula is C12H17FO8. The Labute approximate surface area is 120 Å². The minimum atomic E-state index is -2.14. The summed E-state index contributed by atoms with van der Waals surface area (Å²) in [4.78, 5) is 33.3. The van der Waals surface area contributed by atoms with Crippen LogP contribution in [0.25, 0.3) is 0 Å². The highest BCUT2D eigenvalue weighted by Crippen LogP contribution is 2.29. The van der Waals surface area contributed by atoms with E-state index in [1.54, 1.807) is 0 Å². The summed E-state index contributed by atoms with van der Waals surface area (Å²) in [7, 11) is 0. The quantitative estimate of drug-likeness (QED) is 0.545. The molecule has 1 rings (SSSR count). The first-order valence-electron chi connectivity index (χ1n) is 6.18. The highest BCUT2D eigenvalue weighted by atomic mass is 19.1. The Kier molecular flexibility index (Phi) is 6.03. The molecule has 1 aliphatic rings. The van der Waals surface area contributed by atoms with Gasteiger partial charge in [-0.05, 0) is 0 Å². The highest BCUT2D eigenvalue weighted by molar-refractivity contribution is 5.68. The smallest absolute Gasteiger partial charge is 0.303 e. The van der Waals surface area contributed by atoms with Gasteiger partial charge < -0.3 is 24.1 Å². The van der Waals surface area contributed by atoms with Crippen molar-refractivity contribution < 1.29 is 42.8 Å². The van der Waals surface area contributed by atoms with Gasteiger partial charge in [-0.2, -0.15) is 0 Å². The third-order valence-electron chi connectivity index (χ3n) is 2.66. The molecule has 0 spiro atoms. The summed E-state index contributed by atoms with van der Waals surface area (Å²) in [5.74, 6) is -2.37. The summed E-state index contributed by atoms with van der Waals surface area (Å²) < 4.78 is 33.3. The van der Waals surface area contributed by atoms with Gasteiger partial charge in [-0.1, -0.05) is 0 Å². The summed E-state index contributed by atoms with van der Waals surface area (Å²) in [6.07, 6.45) is -7.70. The monoisotopic (exact) mass is 308 g/mol. The Hall–Kier alpha value is -1.74. The molecule has 0 aliphatic carbocycles. The maximum absolute atomic E-state index is 13.9. The van der Waals surface area contributed by atoms with Gasteiger partial charge in [0.2, 0.25) is 6.36 Å². The molecule has 0 aromatic carbocycles. The molecule has 8 nitrogen and oxygen atoms in total. The van der Waals surface area contributed by atoms with E-state index >= 15 is 0 Å². The van der Waals surface area contributed by atoms with E-state index in [-0.39, 0.29) is 0 Å². The van der Waals surface area contributed by atoms with Crippen molar-refractivity contribution in [1.82, 2.24) is 0 Å². The zero-order chi connectivity index (χ0) is 16.2. The Morgan fingerprint density at radius 2 is 1.38 bits per heavy atom. The molecule has 0 aromatic rings. The van der Waals surface area contributed by atoms with Gasteiger partial charge in [-0.15, -0.1) is 0 Å². The normalized spacial score (nSPS) is 32.1. The number of rotatable bonds is 4. The van der Waals surface area contributed by atoms with E-state index in [1.165, 1.54) is 0 Å². The van der Waals surface area contributed by atoms with E-state index in [2.05, 4.69) is 0 Å². The van der Waals surface area contributed by atoms with Crippen LogP contribution in [-0.4, -0.2) is 60.4 Å². The maximum Gasteiger partial charge on any atom is 0.303 e. The minimum Gasteiger partial charge on any atom is -0.456 e. The number of alkyl halides is 1. The number of ether oxygens (including phenoxy) is 4. The molecule has 1 heterocycles. The first kappa shape index (κ1) is 17.3. The van der Waals surface area contributed by atoms with E-state index in [4.69, 9.17) is 18.9 Å². The maximum atomic E-state index is 13.9. The van der Waals surface area contributed by atoms with E-state index in [1.807, 2.05) is 0 Å². The number of aliphatic hydroxyl groups excluding tert-OH is 1. The second-order valence-corrected chi connectivity index (χ2v) is 4.43. The van der Waals surface area contributed by atoms with Crippen molar-refractivity contribution in [2.75, 3.05) is 6.61 Å². The lowest BCUT2D eigenvalue weighted by Gasteiger charge is -2.41. The molecule has 1 fully saturated rings. The second kappa shape index (κ2) is 7.32. The Balaban J connectivity index is 3.08. The number of hydrogen-bond donors (Lipinski definition) is 1. The molecule has 0 bridgehead atoms. The van der Waals surface area contributed by atoms with E-state index in [0.29, 0.717) is 0 Å². The van der Waals surface area contributed by atoms with Crippen LogP contribution in [-0.2, 0) is 33.3 Å². The van der Waals surface area contributed by atoms with Crippen LogP contribution >= 0.6 is 0 Å². The highest BCUT2D eigenvalue weighted by Gasteiger charge is 2.51. The summed E-state index contributed by atoms with van der Waals surface area (Å²) >= 11 is 0. The largest absolute Gasteiger partial charge is 0.456 e. The van der Waals surface area contributed by atoms with Crippen LogP contribution in [0.4, 0.5) is 4.39 Å². The lowest BCUT2D eigenvalue weighted by molar-refractivity contribution is -0.276. The molecule has 21 heavy (non-hydrogen) atoms. The lowest BCUT2D eigenvalue weighted by Crippen LogP contribution is -2.61. The summed E-state index contributed by atoms with van der Waals surface area (Å²) in [6.45, 7) is 2.51. The van der Waals surface area contributed by atoms with Crippen molar-refractivity contribution in [1.29, 1.82) is 0 Å². The average molecular weight is 308 g/mol. The molecule has 0 radical (unpaired) electrons. The molecule has 0 amide bonds. The first-order chi connectivity index (χ1) is 9.76. The molecule has 9 heteroatoms. The number of aliphatic hydroxyl groups is 1. The third kappa shape index (κ3) is 4.64. The number of carbonyl (C=O) groups is 3. The van der Waals surface area contributed by atoms with Crippen molar-refractivity contribution in [2.45, 2.75) is 51.5 Å². The van der Waals surface area contributed by atoms with E-state index in [9.17, 15) is 23.9 Å². The van der Waals surface area contributed by atoms with Gasteiger partial charge in [0.15, 0.2) is 18.3 Å². The van der Waals surface area contributed by atoms with Crippen LogP contribution in [0, 0.1) is 0 Å². The van der Waals surface area contributed by atoms with Crippen molar-refractivity contribution in [3.05, 3.63) is 0 Å². The molecule has 1 aliphatic heterocycles. The predicted molar refractivity (Wildman–Crippen MR) is 63.5 cm³/mol. The Morgan fingerprint density at radius 3 is 1.81 bits per heavy atom. The topological polar surface area (TPSA) is 108 Å². The zero-order valence-corrected chi connectivity index (χ0v) is 11.8. The third-order valence-corrected chi connectivity index (χ3v) is 2.66. The molecule has 5 atom stereocenters. The van der Waals surface area contributed by atoms with Gasteiger partial charge in [0, 0.05) is 20.8 Å². The fraction of sp³-hybridized carbons (Fsp3) is 0.750. The van der Waals surface area contributed by atoms with Crippen LogP contribution in [0.5, 0.6) is 0 Å². The van der Waals surface area contributed by atoms with Crippen molar-refractivity contribution >= 4 is 17.9 Å². The van der Waals surface area contributed by atoms with Crippen LogP contribution in [0.3, 0.4) is 0 Å². The van der Waals surface area contributed by atoms with E-state index < -0.39 is 55.3 Å². The van der Waals surface area contributed by atoms with Crippen molar-refractivity contribution in [3.8, 4) is 0 Å². The summed E-state index contributed by atoms with van der Waals surface area (Å²) in [5.41, 5.74) is 0. The number of halogens is 1. The Bertz CT molecular complexity index is 412. The fourth-order valence-corrected chi connectivity index (χ4v) is 1.99. The van der Waals surface area contributed by atoms with Gasteiger partial charge in [0.05, 0.1) is 6.61 Å². The average Bonchev–Trinajstić information content (AvgIpc) is 2.35. The van der Waals surface area contributed by atoms with Gasteiger partial charge in [0.25, 0.3) is 0 Å². The van der Waals surface area contributed by atoms with Crippen molar-refractivity contribution in [2.24, 2.45) is 0 Å². The number of esters is 3. The van der Waals surface area contributed by atoms with Crippen LogP contribution < -0.4 is 0 Å². The van der Waals surface area contributed by atoms with Crippen LogP contribution in [0.15, 0.2) is 0 Å². The molecule has 0 unspecified atom stereocenters. The van der Waals surface area contributed by atoms with E-state index in [0.717, 1.165) is 20.8 Å². The fourth-order valence-electron chi connectivity index (χ4n) is 1.99. The Morgan fingerprint density at radius 1 is 0.952 bits per heavy atom. The molecule has 1 N–H and O–H groups in total. The first-order valence-corrected chi connectivity index (χ1v) is 6.18. The molecule has 0 aromatic heterocycles. The molecule has 1 saturated heterocycles. The molecule has 120 valence electrons. The number of hydrogen-bond acceptors (Lipinski definition) is 8. The van der Waals surface area contributed by atoms with Crippen LogP contribution in [0.2, 0.25) is 0 Å². The standard InChI is InChI=1S/C12H17FO8/c1-5(15)18-9-8(4-14)21-12(13)11(20-7(3)17)10(9)19-6(2)16/h8-12,14H,4H2,1-3H3/t8-,9-,10+,11-,12+/m1/s1.